The topological polar surface area (TPSA) is 21.3 Å². The van der Waals surface area contributed by atoms with Gasteiger partial charge in [0.2, 0.25) is 0 Å². The third kappa shape index (κ3) is 7.32. The van der Waals surface area contributed by atoms with E-state index in [1.165, 1.54) is 18.4 Å². The summed E-state index contributed by atoms with van der Waals surface area (Å²) in [6.07, 6.45) is 3.50. The Morgan fingerprint density at radius 2 is 1.95 bits per heavy atom. The molecular weight excluding hydrogens is 326 g/mol. The fourth-order valence-corrected chi connectivity index (χ4v) is 2.84. The van der Waals surface area contributed by atoms with Crippen molar-refractivity contribution in [2.75, 3.05) is 13.2 Å². The van der Waals surface area contributed by atoms with Crippen LogP contribution in [0.25, 0.3) is 0 Å². The zero-order valence-corrected chi connectivity index (χ0v) is 15.7. The molecule has 0 radical (unpaired) electrons. The first-order valence-electron chi connectivity index (χ1n) is 7.98. The van der Waals surface area contributed by atoms with Gasteiger partial charge < -0.3 is 10.1 Å². The molecule has 0 atom stereocenters. The summed E-state index contributed by atoms with van der Waals surface area (Å²) < 4.78 is 6.68. The van der Waals surface area contributed by atoms with Crippen molar-refractivity contribution in [2.24, 2.45) is 5.41 Å². The first-order chi connectivity index (χ1) is 9.84. The lowest BCUT2D eigenvalue weighted by atomic mass is 9.83. The second-order valence-electron chi connectivity index (χ2n) is 6.71. The average Bonchev–Trinajstić information content (AvgIpc) is 2.37. The van der Waals surface area contributed by atoms with E-state index in [9.17, 15) is 0 Å². The monoisotopic (exact) mass is 355 g/mol. The molecule has 0 unspecified atom stereocenters. The SMILES string of the molecule is CCOc1ccc(CCC(C)(C)CCNC(C)C)c(Br)c1. The maximum Gasteiger partial charge on any atom is 0.120 e. The molecular formula is C18H30BrNO. The molecule has 0 saturated heterocycles. The van der Waals surface area contributed by atoms with Gasteiger partial charge in [0.25, 0.3) is 0 Å². The van der Waals surface area contributed by atoms with Gasteiger partial charge in [0.05, 0.1) is 6.61 Å². The van der Waals surface area contributed by atoms with Crippen LogP contribution in [-0.4, -0.2) is 19.2 Å². The van der Waals surface area contributed by atoms with Crippen LogP contribution >= 0.6 is 15.9 Å². The minimum absolute atomic E-state index is 0.361. The molecule has 0 spiro atoms. The largest absolute Gasteiger partial charge is 0.494 e. The fraction of sp³-hybridized carbons (Fsp3) is 0.667. The van der Waals surface area contributed by atoms with E-state index >= 15 is 0 Å². The summed E-state index contributed by atoms with van der Waals surface area (Å²) in [5.41, 5.74) is 1.73. The Morgan fingerprint density at radius 3 is 2.52 bits per heavy atom. The molecule has 1 aromatic rings. The van der Waals surface area contributed by atoms with Crippen LogP contribution in [0.15, 0.2) is 22.7 Å². The number of benzene rings is 1. The number of nitrogens with one attached hydrogen (secondary N) is 1. The van der Waals surface area contributed by atoms with Crippen molar-refractivity contribution in [1.82, 2.24) is 5.32 Å². The van der Waals surface area contributed by atoms with Gasteiger partial charge >= 0.3 is 0 Å². The van der Waals surface area contributed by atoms with Crippen LogP contribution in [0.1, 0.15) is 53.0 Å². The van der Waals surface area contributed by atoms with Crippen molar-refractivity contribution in [3.8, 4) is 5.75 Å². The van der Waals surface area contributed by atoms with Gasteiger partial charge in [-0.3, -0.25) is 0 Å². The van der Waals surface area contributed by atoms with Gasteiger partial charge in [0, 0.05) is 10.5 Å². The van der Waals surface area contributed by atoms with Crippen molar-refractivity contribution < 1.29 is 4.74 Å². The zero-order valence-electron chi connectivity index (χ0n) is 14.1. The highest BCUT2D eigenvalue weighted by Gasteiger charge is 2.18. The normalized spacial score (nSPS) is 12.0. The molecule has 0 amide bonds. The van der Waals surface area contributed by atoms with Gasteiger partial charge in [-0.2, -0.15) is 0 Å². The highest BCUT2D eigenvalue weighted by Crippen LogP contribution is 2.30. The maximum atomic E-state index is 5.52. The molecule has 2 nitrogen and oxygen atoms in total. The Labute approximate surface area is 138 Å². The van der Waals surface area contributed by atoms with Crippen LogP contribution in [0.5, 0.6) is 5.75 Å². The lowest BCUT2D eigenvalue weighted by Gasteiger charge is -2.25. The Bertz CT molecular complexity index is 429. The minimum atomic E-state index is 0.361. The fourth-order valence-electron chi connectivity index (χ4n) is 2.28. The number of ether oxygens (including phenoxy) is 1. The van der Waals surface area contributed by atoms with Crippen LogP contribution < -0.4 is 10.1 Å². The predicted octanol–water partition coefficient (Wildman–Crippen LogP) is 5.19. The van der Waals surface area contributed by atoms with E-state index in [4.69, 9.17) is 4.74 Å². The van der Waals surface area contributed by atoms with Crippen LogP contribution in [0.3, 0.4) is 0 Å². The Morgan fingerprint density at radius 1 is 1.24 bits per heavy atom. The number of hydrogen-bond donors (Lipinski definition) is 1. The minimum Gasteiger partial charge on any atom is -0.494 e. The van der Waals surface area contributed by atoms with Gasteiger partial charge in [-0.15, -0.1) is 0 Å². The number of halogens is 1. The van der Waals surface area contributed by atoms with Crippen molar-refractivity contribution in [2.45, 2.75) is 59.9 Å². The van der Waals surface area contributed by atoms with Crippen molar-refractivity contribution >= 4 is 15.9 Å². The Kier molecular flexibility index (Phi) is 7.75. The molecule has 1 rings (SSSR count). The summed E-state index contributed by atoms with van der Waals surface area (Å²) in [6, 6.07) is 6.89. The summed E-state index contributed by atoms with van der Waals surface area (Å²) >= 11 is 3.66. The highest BCUT2D eigenvalue weighted by molar-refractivity contribution is 9.10. The highest BCUT2D eigenvalue weighted by atomic mass is 79.9. The second-order valence-corrected chi connectivity index (χ2v) is 7.56. The third-order valence-corrected chi connectivity index (χ3v) is 4.50. The molecule has 0 aliphatic rings. The van der Waals surface area contributed by atoms with Crippen LogP contribution in [0, 0.1) is 5.41 Å². The van der Waals surface area contributed by atoms with E-state index in [2.05, 4.69) is 67.1 Å². The zero-order chi connectivity index (χ0) is 15.9. The van der Waals surface area contributed by atoms with Gasteiger partial charge in [0.1, 0.15) is 5.75 Å². The van der Waals surface area contributed by atoms with Crippen LogP contribution in [0.2, 0.25) is 0 Å². The van der Waals surface area contributed by atoms with E-state index in [-0.39, 0.29) is 0 Å². The summed E-state index contributed by atoms with van der Waals surface area (Å²) in [5.74, 6) is 0.938. The van der Waals surface area contributed by atoms with Gasteiger partial charge in [-0.25, -0.2) is 0 Å². The van der Waals surface area contributed by atoms with Crippen molar-refractivity contribution in [3.63, 3.8) is 0 Å². The third-order valence-electron chi connectivity index (χ3n) is 3.76. The lowest BCUT2D eigenvalue weighted by Crippen LogP contribution is -2.28. The summed E-state index contributed by atoms with van der Waals surface area (Å²) in [5, 5.41) is 3.51. The van der Waals surface area contributed by atoms with Crippen LogP contribution in [-0.2, 0) is 6.42 Å². The van der Waals surface area contributed by atoms with E-state index in [1.54, 1.807) is 0 Å². The lowest BCUT2D eigenvalue weighted by molar-refractivity contribution is 0.298. The smallest absolute Gasteiger partial charge is 0.120 e. The molecule has 1 aromatic carbocycles. The van der Waals surface area contributed by atoms with Crippen molar-refractivity contribution in [1.29, 1.82) is 0 Å². The first-order valence-corrected chi connectivity index (χ1v) is 8.78. The maximum absolute atomic E-state index is 5.52. The Balaban J connectivity index is 2.49. The molecule has 120 valence electrons. The summed E-state index contributed by atoms with van der Waals surface area (Å²) in [6.45, 7) is 12.9. The second kappa shape index (κ2) is 8.79. The average molecular weight is 356 g/mol. The number of hydrogen-bond acceptors (Lipinski definition) is 2. The molecule has 1 N–H and O–H groups in total. The quantitative estimate of drug-likeness (QED) is 0.657. The molecule has 0 saturated carbocycles. The van der Waals surface area contributed by atoms with E-state index in [1.807, 2.05) is 6.92 Å². The molecule has 0 heterocycles. The number of aryl methyl sites for hydroxylation is 1. The summed E-state index contributed by atoms with van der Waals surface area (Å²) in [7, 11) is 0. The summed E-state index contributed by atoms with van der Waals surface area (Å²) in [4.78, 5) is 0. The van der Waals surface area contributed by atoms with E-state index in [0.29, 0.717) is 18.1 Å². The first kappa shape index (κ1) is 18.5. The molecule has 0 aliphatic carbocycles. The predicted molar refractivity (Wildman–Crippen MR) is 95.2 cm³/mol. The molecule has 21 heavy (non-hydrogen) atoms. The standard InChI is InChI=1S/C18H30BrNO/c1-6-21-16-8-7-15(17(19)13-16)9-10-18(4,5)11-12-20-14(2)3/h7-8,13-14,20H,6,9-12H2,1-5H3. The number of rotatable bonds is 9. The van der Waals surface area contributed by atoms with Gasteiger partial charge in [-0.1, -0.05) is 49.7 Å². The molecule has 0 fully saturated rings. The van der Waals surface area contributed by atoms with Gasteiger partial charge in [-0.05, 0) is 55.8 Å². The van der Waals surface area contributed by atoms with Gasteiger partial charge in [0.15, 0.2) is 0 Å². The van der Waals surface area contributed by atoms with Crippen LogP contribution in [0.4, 0.5) is 0 Å². The van der Waals surface area contributed by atoms with E-state index < -0.39 is 0 Å². The molecule has 0 aliphatic heterocycles. The van der Waals surface area contributed by atoms with Crippen molar-refractivity contribution in [3.05, 3.63) is 28.2 Å². The molecule has 0 bridgehead atoms. The molecule has 0 aromatic heterocycles. The Hall–Kier alpha value is -0.540. The van der Waals surface area contributed by atoms with E-state index in [0.717, 1.165) is 23.2 Å². The molecule has 3 heteroatoms.